The second-order valence-corrected chi connectivity index (χ2v) is 3.39. The zero-order chi connectivity index (χ0) is 9.97. The Morgan fingerprint density at radius 1 is 1.71 bits per heavy atom. The van der Waals surface area contributed by atoms with Crippen LogP contribution in [0.3, 0.4) is 0 Å². The lowest BCUT2D eigenvalue weighted by molar-refractivity contribution is 0.0526. The molecule has 0 amide bonds. The maximum Gasteiger partial charge on any atom is 0.252 e. The first kappa shape index (κ1) is 9.21. The van der Waals surface area contributed by atoms with Crippen molar-refractivity contribution in [2.75, 3.05) is 24.6 Å². The Kier molecular flexibility index (Phi) is 2.49. The Morgan fingerprint density at radius 2 is 2.57 bits per heavy atom. The molecule has 14 heavy (non-hydrogen) atoms. The van der Waals surface area contributed by atoms with E-state index in [1.54, 1.807) is 0 Å². The number of ether oxygens (including phenoxy) is 1. The molecule has 5 nitrogen and oxygen atoms in total. The predicted octanol–water partition coefficient (Wildman–Crippen LogP) is -0.00500. The van der Waals surface area contributed by atoms with E-state index in [2.05, 4.69) is 9.97 Å². The number of anilines is 1. The summed E-state index contributed by atoms with van der Waals surface area (Å²) in [7, 11) is 0. The van der Waals surface area contributed by atoms with Gasteiger partial charge in [0.2, 0.25) is 5.95 Å². The van der Waals surface area contributed by atoms with E-state index in [9.17, 15) is 4.79 Å². The summed E-state index contributed by atoms with van der Waals surface area (Å²) >= 11 is 0. The SMILES string of the molecule is C[C@H]1CN(c2nccc(=O)[nH]2)CCO1. The van der Waals surface area contributed by atoms with Gasteiger partial charge in [0, 0.05) is 25.4 Å². The van der Waals surface area contributed by atoms with Crippen LogP contribution >= 0.6 is 0 Å². The zero-order valence-electron chi connectivity index (χ0n) is 8.06. The van der Waals surface area contributed by atoms with Gasteiger partial charge in [-0.25, -0.2) is 4.98 Å². The largest absolute Gasteiger partial charge is 0.375 e. The highest BCUT2D eigenvalue weighted by molar-refractivity contribution is 5.29. The summed E-state index contributed by atoms with van der Waals surface area (Å²) in [5.41, 5.74) is -0.117. The summed E-state index contributed by atoms with van der Waals surface area (Å²) in [6.45, 7) is 4.23. The van der Waals surface area contributed by atoms with Crippen molar-refractivity contribution in [2.24, 2.45) is 0 Å². The second-order valence-electron chi connectivity index (χ2n) is 3.39. The normalized spacial score (nSPS) is 22.4. The molecule has 0 bridgehead atoms. The van der Waals surface area contributed by atoms with Gasteiger partial charge in [0.05, 0.1) is 12.7 Å². The minimum atomic E-state index is -0.117. The first-order chi connectivity index (χ1) is 6.75. The van der Waals surface area contributed by atoms with Crippen LogP contribution in [0.4, 0.5) is 5.95 Å². The van der Waals surface area contributed by atoms with E-state index in [-0.39, 0.29) is 11.7 Å². The van der Waals surface area contributed by atoms with Crippen LogP contribution in [-0.2, 0) is 4.74 Å². The van der Waals surface area contributed by atoms with Gasteiger partial charge in [-0.2, -0.15) is 0 Å². The second kappa shape index (κ2) is 3.79. The van der Waals surface area contributed by atoms with Crippen LogP contribution < -0.4 is 10.5 Å². The summed E-state index contributed by atoms with van der Waals surface area (Å²) in [6, 6.07) is 1.41. The molecule has 0 unspecified atom stereocenters. The molecule has 1 fully saturated rings. The Hall–Kier alpha value is -1.36. The van der Waals surface area contributed by atoms with Gasteiger partial charge in [-0.05, 0) is 6.92 Å². The molecule has 0 saturated carbocycles. The number of aromatic nitrogens is 2. The molecule has 1 aromatic heterocycles. The standard InChI is InChI=1S/C9H13N3O2/c1-7-6-12(4-5-14-7)9-10-3-2-8(13)11-9/h2-3,7H,4-6H2,1H3,(H,10,11,13)/t7-/m0/s1. The number of aromatic amines is 1. The van der Waals surface area contributed by atoms with Gasteiger partial charge in [0.25, 0.3) is 5.56 Å². The van der Waals surface area contributed by atoms with Gasteiger partial charge in [-0.1, -0.05) is 0 Å². The van der Waals surface area contributed by atoms with Crippen LogP contribution in [0.5, 0.6) is 0 Å². The summed E-state index contributed by atoms with van der Waals surface area (Å²) in [6.07, 6.45) is 1.71. The fourth-order valence-electron chi connectivity index (χ4n) is 1.53. The molecule has 0 spiro atoms. The third-order valence-electron chi connectivity index (χ3n) is 2.20. The van der Waals surface area contributed by atoms with Crippen LogP contribution in [0.25, 0.3) is 0 Å². The lowest BCUT2D eigenvalue weighted by atomic mass is 10.3. The molecule has 0 radical (unpaired) electrons. The van der Waals surface area contributed by atoms with E-state index in [4.69, 9.17) is 4.74 Å². The van der Waals surface area contributed by atoms with Gasteiger partial charge in [-0.15, -0.1) is 0 Å². The Morgan fingerprint density at radius 3 is 3.29 bits per heavy atom. The third kappa shape index (κ3) is 1.93. The van der Waals surface area contributed by atoms with Crippen molar-refractivity contribution >= 4 is 5.95 Å². The molecular weight excluding hydrogens is 182 g/mol. The van der Waals surface area contributed by atoms with Crippen molar-refractivity contribution in [3.63, 3.8) is 0 Å². The number of H-pyrrole nitrogens is 1. The molecule has 1 aliphatic heterocycles. The smallest absolute Gasteiger partial charge is 0.252 e. The molecule has 0 aromatic carbocycles. The molecule has 1 aromatic rings. The minimum absolute atomic E-state index is 0.117. The average Bonchev–Trinajstić information content (AvgIpc) is 2.18. The summed E-state index contributed by atoms with van der Waals surface area (Å²) in [4.78, 5) is 19.9. The topological polar surface area (TPSA) is 58.2 Å². The molecule has 76 valence electrons. The zero-order valence-corrected chi connectivity index (χ0v) is 8.06. The number of nitrogens with zero attached hydrogens (tertiary/aromatic N) is 2. The quantitative estimate of drug-likeness (QED) is 0.685. The molecule has 1 aliphatic rings. The Bertz CT molecular complexity index is 363. The maximum absolute atomic E-state index is 11.1. The van der Waals surface area contributed by atoms with Crippen molar-refractivity contribution < 1.29 is 4.74 Å². The number of hydrogen-bond acceptors (Lipinski definition) is 4. The van der Waals surface area contributed by atoms with E-state index in [0.29, 0.717) is 12.6 Å². The van der Waals surface area contributed by atoms with Crippen molar-refractivity contribution in [3.05, 3.63) is 22.6 Å². The van der Waals surface area contributed by atoms with E-state index in [1.807, 2.05) is 11.8 Å². The van der Waals surface area contributed by atoms with Gasteiger partial charge >= 0.3 is 0 Å². The maximum atomic E-state index is 11.1. The third-order valence-corrected chi connectivity index (χ3v) is 2.20. The highest BCUT2D eigenvalue weighted by Gasteiger charge is 2.18. The molecular formula is C9H13N3O2. The number of hydrogen-bond donors (Lipinski definition) is 1. The van der Waals surface area contributed by atoms with Crippen LogP contribution in [0.2, 0.25) is 0 Å². The highest BCUT2D eigenvalue weighted by Crippen LogP contribution is 2.09. The van der Waals surface area contributed by atoms with Gasteiger partial charge in [0.1, 0.15) is 0 Å². The summed E-state index contributed by atoms with van der Waals surface area (Å²) in [5, 5.41) is 0. The Balaban J connectivity index is 2.18. The van der Waals surface area contributed by atoms with Crippen molar-refractivity contribution in [1.82, 2.24) is 9.97 Å². The van der Waals surface area contributed by atoms with Crippen molar-refractivity contribution in [2.45, 2.75) is 13.0 Å². The van der Waals surface area contributed by atoms with Gasteiger partial charge in [-0.3, -0.25) is 9.78 Å². The lowest BCUT2D eigenvalue weighted by Gasteiger charge is -2.31. The molecule has 1 saturated heterocycles. The number of morpholine rings is 1. The average molecular weight is 195 g/mol. The number of nitrogens with one attached hydrogen (secondary N) is 1. The predicted molar refractivity (Wildman–Crippen MR) is 52.5 cm³/mol. The summed E-state index contributed by atoms with van der Waals surface area (Å²) in [5.74, 6) is 0.632. The fourth-order valence-corrected chi connectivity index (χ4v) is 1.53. The van der Waals surface area contributed by atoms with Gasteiger partial charge in [0.15, 0.2) is 0 Å². The van der Waals surface area contributed by atoms with Crippen LogP contribution in [0.1, 0.15) is 6.92 Å². The molecule has 1 atom stereocenters. The minimum Gasteiger partial charge on any atom is -0.375 e. The first-order valence-corrected chi connectivity index (χ1v) is 4.67. The molecule has 2 heterocycles. The lowest BCUT2D eigenvalue weighted by Crippen LogP contribution is -2.42. The molecule has 0 aliphatic carbocycles. The van der Waals surface area contributed by atoms with Gasteiger partial charge < -0.3 is 9.64 Å². The monoisotopic (exact) mass is 195 g/mol. The van der Waals surface area contributed by atoms with Crippen LogP contribution in [0.15, 0.2) is 17.1 Å². The first-order valence-electron chi connectivity index (χ1n) is 4.67. The molecule has 2 rings (SSSR count). The van der Waals surface area contributed by atoms with E-state index in [0.717, 1.165) is 13.1 Å². The summed E-state index contributed by atoms with van der Waals surface area (Å²) < 4.78 is 5.40. The van der Waals surface area contributed by atoms with Crippen LogP contribution in [-0.4, -0.2) is 35.8 Å². The van der Waals surface area contributed by atoms with E-state index < -0.39 is 0 Å². The highest BCUT2D eigenvalue weighted by atomic mass is 16.5. The molecule has 5 heteroatoms. The van der Waals surface area contributed by atoms with Crippen molar-refractivity contribution in [1.29, 1.82) is 0 Å². The molecule has 1 N–H and O–H groups in total. The van der Waals surface area contributed by atoms with E-state index in [1.165, 1.54) is 12.3 Å². The van der Waals surface area contributed by atoms with Crippen LogP contribution in [0, 0.1) is 0 Å². The Labute approximate surface area is 81.7 Å². The van der Waals surface area contributed by atoms with E-state index >= 15 is 0 Å². The van der Waals surface area contributed by atoms with Crippen molar-refractivity contribution in [3.8, 4) is 0 Å². The fraction of sp³-hybridized carbons (Fsp3) is 0.556. The number of rotatable bonds is 1.